The lowest BCUT2D eigenvalue weighted by molar-refractivity contribution is -0.0305. The maximum atomic E-state index is 5.99. The summed E-state index contributed by atoms with van der Waals surface area (Å²) in [6, 6.07) is 8.26. The van der Waals surface area contributed by atoms with E-state index in [1.165, 1.54) is 16.8 Å². The fraction of sp³-hybridized carbons (Fsp3) is 0.550. The number of methoxy groups -OCH3 is 1. The van der Waals surface area contributed by atoms with Crippen molar-refractivity contribution < 1.29 is 9.47 Å². The quantitative estimate of drug-likeness (QED) is 0.775. The zero-order chi connectivity index (χ0) is 17.6. The third kappa shape index (κ3) is 4.61. The summed E-state index contributed by atoms with van der Waals surface area (Å²) in [7, 11) is 1.71. The highest BCUT2D eigenvalue weighted by Gasteiger charge is 2.22. The van der Waals surface area contributed by atoms with E-state index in [4.69, 9.17) is 9.47 Å². The summed E-state index contributed by atoms with van der Waals surface area (Å²) in [4.78, 5) is 2.48. The summed E-state index contributed by atoms with van der Waals surface area (Å²) < 4.78 is 13.4. The Hall–Kier alpha value is -1.85. The molecule has 0 spiro atoms. The third-order valence-corrected chi connectivity index (χ3v) is 4.85. The van der Waals surface area contributed by atoms with E-state index >= 15 is 0 Å². The Labute approximate surface area is 150 Å². The summed E-state index contributed by atoms with van der Waals surface area (Å²) in [5, 5.41) is 4.52. The van der Waals surface area contributed by atoms with Gasteiger partial charge in [-0.25, -0.2) is 0 Å². The largest absolute Gasteiger partial charge is 0.497 e. The van der Waals surface area contributed by atoms with Crippen molar-refractivity contribution in [3.8, 4) is 5.75 Å². The number of aryl methyl sites for hydroxylation is 1. The lowest BCUT2D eigenvalue weighted by atomic mass is 10.1. The molecule has 0 amide bonds. The molecular formula is C20H29N3O2. The molecule has 0 aliphatic carbocycles. The standard InChI is InChI=1S/C20H29N3O2/c1-4-8-23-16(2)18(13-21-23)14-22-9-10-25-20(15-22)12-17-6-5-7-19(11-17)24-3/h5-7,11,13,20H,4,8-10,12,14-15H2,1-3H3/t20-/m1/s1. The Morgan fingerprint density at radius 2 is 2.24 bits per heavy atom. The molecule has 136 valence electrons. The molecule has 0 saturated carbocycles. The fourth-order valence-electron chi connectivity index (χ4n) is 3.43. The number of hydrogen-bond donors (Lipinski definition) is 0. The van der Waals surface area contributed by atoms with Crippen molar-refractivity contribution in [1.29, 1.82) is 0 Å². The van der Waals surface area contributed by atoms with Crippen LogP contribution < -0.4 is 4.74 Å². The molecule has 0 unspecified atom stereocenters. The second kappa shape index (κ2) is 8.50. The Bertz CT molecular complexity index is 683. The van der Waals surface area contributed by atoms with E-state index in [2.05, 4.69) is 40.7 Å². The van der Waals surface area contributed by atoms with Crippen molar-refractivity contribution in [3.63, 3.8) is 0 Å². The van der Waals surface area contributed by atoms with Crippen molar-refractivity contribution in [2.24, 2.45) is 0 Å². The number of rotatable bonds is 7. The molecular weight excluding hydrogens is 314 g/mol. The lowest BCUT2D eigenvalue weighted by Crippen LogP contribution is -2.42. The molecule has 0 bridgehead atoms. The van der Waals surface area contributed by atoms with Crippen LogP contribution in [0.4, 0.5) is 0 Å². The number of ether oxygens (including phenoxy) is 2. The number of nitrogens with zero attached hydrogens (tertiary/aromatic N) is 3. The highest BCUT2D eigenvalue weighted by molar-refractivity contribution is 5.29. The molecule has 25 heavy (non-hydrogen) atoms. The smallest absolute Gasteiger partial charge is 0.119 e. The predicted octanol–water partition coefficient (Wildman–Crippen LogP) is 3.05. The van der Waals surface area contributed by atoms with Crippen LogP contribution in [0.5, 0.6) is 5.75 Å². The summed E-state index contributed by atoms with van der Waals surface area (Å²) >= 11 is 0. The molecule has 1 atom stereocenters. The van der Waals surface area contributed by atoms with E-state index in [-0.39, 0.29) is 6.10 Å². The van der Waals surface area contributed by atoms with Gasteiger partial charge in [0.1, 0.15) is 5.75 Å². The van der Waals surface area contributed by atoms with Crippen LogP contribution in [-0.2, 0) is 24.2 Å². The SMILES string of the molecule is CCCn1ncc(CN2CCO[C@H](Cc3cccc(OC)c3)C2)c1C. The maximum Gasteiger partial charge on any atom is 0.119 e. The predicted molar refractivity (Wildman–Crippen MR) is 99.0 cm³/mol. The first kappa shape index (κ1) is 18.0. The molecule has 5 heteroatoms. The van der Waals surface area contributed by atoms with Gasteiger partial charge in [0.2, 0.25) is 0 Å². The van der Waals surface area contributed by atoms with Gasteiger partial charge in [0.15, 0.2) is 0 Å². The van der Waals surface area contributed by atoms with E-state index < -0.39 is 0 Å². The van der Waals surface area contributed by atoms with Gasteiger partial charge < -0.3 is 9.47 Å². The van der Waals surface area contributed by atoms with Gasteiger partial charge in [0.25, 0.3) is 0 Å². The first-order valence-corrected chi connectivity index (χ1v) is 9.17. The second-order valence-electron chi connectivity index (χ2n) is 6.76. The van der Waals surface area contributed by atoms with E-state index in [0.717, 1.165) is 51.4 Å². The number of aromatic nitrogens is 2. The topological polar surface area (TPSA) is 39.5 Å². The highest BCUT2D eigenvalue weighted by Crippen LogP contribution is 2.19. The number of benzene rings is 1. The molecule has 1 fully saturated rings. The molecule has 1 aliphatic heterocycles. The Balaban J connectivity index is 1.59. The Kier molecular flexibility index (Phi) is 6.10. The van der Waals surface area contributed by atoms with Gasteiger partial charge in [0, 0.05) is 43.9 Å². The van der Waals surface area contributed by atoms with E-state index in [9.17, 15) is 0 Å². The van der Waals surface area contributed by atoms with Crippen molar-refractivity contribution >= 4 is 0 Å². The number of hydrogen-bond acceptors (Lipinski definition) is 4. The summed E-state index contributed by atoms with van der Waals surface area (Å²) in [6.07, 6.45) is 4.29. The van der Waals surface area contributed by atoms with E-state index in [0.29, 0.717) is 0 Å². The first-order valence-electron chi connectivity index (χ1n) is 9.17. The van der Waals surface area contributed by atoms with Gasteiger partial charge in [-0.3, -0.25) is 9.58 Å². The van der Waals surface area contributed by atoms with Gasteiger partial charge in [-0.05, 0) is 31.0 Å². The van der Waals surface area contributed by atoms with Crippen LogP contribution in [-0.4, -0.2) is 47.6 Å². The summed E-state index contributed by atoms with van der Waals surface area (Å²) in [5.41, 5.74) is 3.88. The maximum absolute atomic E-state index is 5.99. The zero-order valence-electron chi connectivity index (χ0n) is 15.6. The Morgan fingerprint density at radius 3 is 3.04 bits per heavy atom. The van der Waals surface area contributed by atoms with Gasteiger partial charge in [-0.2, -0.15) is 5.10 Å². The third-order valence-electron chi connectivity index (χ3n) is 4.85. The summed E-state index contributed by atoms with van der Waals surface area (Å²) in [5.74, 6) is 0.907. The average molecular weight is 343 g/mol. The van der Waals surface area contributed by atoms with E-state index in [1.54, 1.807) is 7.11 Å². The molecule has 3 rings (SSSR count). The molecule has 1 aliphatic rings. The molecule has 0 N–H and O–H groups in total. The molecule has 5 nitrogen and oxygen atoms in total. The van der Waals surface area contributed by atoms with Crippen LogP contribution in [0.1, 0.15) is 30.2 Å². The van der Waals surface area contributed by atoms with Crippen molar-refractivity contribution in [2.45, 2.75) is 45.9 Å². The zero-order valence-corrected chi connectivity index (χ0v) is 15.6. The minimum atomic E-state index is 0.229. The highest BCUT2D eigenvalue weighted by atomic mass is 16.5. The lowest BCUT2D eigenvalue weighted by Gasteiger charge is -2.33. The minimum absolute atomic E-state index is 0.229. The molecule has 1 aromatic heterocycles. The van der Waals surface area contributed by atoms with Gasteiger partial charge in [0.05, 0.1) is 26.0 Å². The average Bonchev–Trinajstić information content (AvgIpc) is 2.96. The van der Waals surface area contributed by atoms with Crippen LogP contribution >= 0.6 is 0 Å². The fourth-order valence-corrected chi connectivity index (χ4v) is 3.43. The van der Waals surface area contributed by atoms with Crippen molar-refractivity contribution in [2.75, 3.05) is 26.8 Å². The van der Waals surface area contributed by atoms with Crippen molar-refractivity contribution in [3.05, 3.63) is 47.3 Å². The van der Waals surface area contributed by atoms with Crippen LogP contribution in [0.15, 0.2) is 30.5 Å². The van der Waals surface area contributed by atoms with Crippen LogP contribution in [0, 0.1) is 6.92 Å². The van der Waals surface area contributed by atoms with Gasteiger partial charge in [-0.1, -0.05) is 19.1 Å². The molecule has 2 aromatic rings. The Morgan fingerprint density at radius 1 is 1.36 bits per heavy atom. The molecule has 1 aromatic carbocycles. The number of morpholine rings is 1. The van der Waals surface area contributed by atoms with E-state index in [1.807, 2.05) is 18.3 Å². The van der Waals surface area contributed by atoms with Gasteiger partial charge in [-0.15, -0.1) is 0 Å². The molecule has 2 heterocycles. The second-order valence-corrected chi connectivity index (χ2v) is 6.76. The van der Waals surface area contributed by atoms with Crippen molar-refractivity contribution in [1.82, 2.24) is 14.7 Å². The molecule has 1 saturated heterocycles. The van der Waals surface area contributed by atoms with Gasteiger partial charge >= 0.3 is 0 Å². The first-order chi connectivity index (χ1) is 12.2. The van der Waals surface area contributed by atoms with Crippen LogP contribution in [0.3, 0.4) is 0 Å². The van der Waals surface area contributed by atoms with Crippen LogP contribution in [0.25, 0.3) is 0 Å². The van der Waals surface area contributed by atoms with Crippen LogP contribution in [0.2, 0.25) is 0 Å². The normalized spacial score (nSPS) is 18.4. The summed E-state index contributed by atoms with van der Waals surface area (Å²) in [6.45, 7) is 9.03. The molecule has 0 radical (unpaired) electrons. The minimum Gasteiger partial charge on any atom is -0.497 e. The monoisotopic (exact) mass is 343 g/mol.